The number of hydrogen-bond donors (Lipinski definition) is 3. The third-order valence-corrected chi connectivity index (χ3v) is 4.96. The molecule has 158 valence electrons. The molecule has 0 spiro atoms. The Balaban J connectivity index is 1.89. The van der Waals surface area contributed by atoms with Gasteiger partial charge in [0.25, 0.3) is 5.91 Å². The van der Waals surface area contributed by atoms with Crippen LogP contribution in [0, 0.1) is 0 Å². The van der Waals surface area contributed by atoms with Crippen LogP contribution in [0.15, 0.2) is 60.7 Å². The van der Waals surface area contributed by atoms with Gasteiger partial charge >= 0.3 is 6.18 Å². The van der Waals surface area contributed by atoms with Gasteiger partial charge in [0.2, 0.25) is 0 Å². The van der Waals surface area contributed by atoms with E-state index in [4.69, 9.17) is 10.2 Å². The Hall–Kier alpha value is -2.90. The lowest BCUT2D eigenvalue weighted by Gasteiger charge is -2.17. The maximum atomic E-state index is 12.8. The van der Waals surface area contributed by atoms with Crippen LogP contribution in [0.2, 0.25) is 0 Å². The molecule has 7 heteroatoms. The van der Waals surface area contributed by atoms with Gasteiger partial charge in [0.05, 0.1) is 5.56 Å². The van der Waals surface area contributed by atoms with Gasteiger partial charge in [-0.25, -0.2) is 0 Å². The number of alkyl halides is 3. The molecule has 0 radical (unpaired) electrons. The first-order valence-corrected chi connectivity index (χ1v) is 9.56. The fourth-order valence-electron chi connectivity index (χ4n) is 3.38. The Morgan fingerprint density at radius 3 is 2.20 bits per heavy atom. The van der Waals surface area contributed by atoms with Gasteiger partial charge in [-0.15, -0.1) is 0 Å². The van der Waals surface area contributed by atoms with E-state index in [1.54, 1.807) is 24.3 Å². The average molecular weight is 417 g/mol. The first-order chi connectivity index (χ1) is 14.3. The number of aliphatic hydroxyl groups is 2. The highest BCUT2D eigenvalue weighted by Gasteiger charge is 2.30. The Bertz CT molecular complexity index is 1010. The van der Waals surface area contributed by atoms with Crippen molar-refractivity contribution in [2.45, 2.75) is 25.1 Å². The van der Waals surface area contributed by atoms with Crippen LogP contribution in [-0.2, 0) is 6.18 Å². The van der Waals surface area contributed by atoms with Gasteiger partial charge < -0.3 is 15.5 Å². The zero-order chi connectivity index (χ0) is 21.7. The molecule has 0 atom stereocenters. The van der Waals surface area contributed by atoms with Crippen molar-refractivity contribution in [3.8, 4) is 11.1 Å². The van der Waals surface area contributed by atoms with Gasteiger partial charge in [-0.3, -0.25) is 4.79 Å². The maximum absolute atomic E-state index is 12.8. The van der Waals surface area contributed by atoms with Gasteiger partial charge in [0.15, 0.2) is 0 Å². The van der Waals surface area contributed by atoms with Crippen LogP contribution in [0.4, 0.5) is 13.2 Å². The summed E-state index contributed by atoms with van der Waals surface area (Å²) in [5, 5.41) is 22.6. The molecule has 1 amide bonds. The summed E-state index contributed by atoms with van der Waals surface area (Å²) in [6, 6.07) is 15.2. The fraction of sp³-hybridized carbons (Fsp3) is 0.261. The third kappa shape index (κ3) is 4.98. The normalized spacial score (nSPS) is 11.8. The molecule has 0 bridgehead atoms. The molecule has 3 aromatic carbocycles. The number of rotatable bonds is 7. The lowest BCUT2D eigenvalue weighted by Crippen LogP contribution is -2.36. The summed E-state index contributed by atoms with van der Waals surface area (Å²) in [7, 11) is 0. The first-order valence-electron chi connectivity index (χ1n) is 9.56. The van der Waals surface area contributed by atoms with Crippen molar-refractivity contribution < 1.29 is 28.2 Å². The summed E-state index contributed by atoms with van der Waals surface area (Å²) < 4.78 is 38.4. The number of nitrogens with one attached hydrogen (secondary N) is 1. The number of hydrogen-bond acceptors (Lipinski definition) is 3. The Labute approximate surface area is 172 Å². The highest BCUT2D eigenvalue weighted by Crippen LogP contribution is 2.33. The molecular weight excluding hydrogens is 395 g/mol. The molecule has 0 fully saturated rings. The number of fused-ring (bicyclic) bond motifs is 1. The van der Waals surface area contributed by atoms with E-state index in [1.165, 1.54) is 12.1 Å². The SMILES string of the molecule is O=C(NC(CCO)CCO)c1ccc2c(-c3ccc(C(F)(F)F)cc3)cccc2c1. The van der Waals surface area contributed by atoms with Crippen LogP contribution in [-0.4, -0.2) is 35.4 Å². The average Bonchev–Trinajstić information content (AvgIpc) is 2.72. The molecule has 0 aliphatic carbocycles. The van der Waals surface area contributed by atoms with E-state index < -0.39 is 11.7 Å². The van der Waals surface area contributed by atoms with E-state index >= 15 is 0 Å². The minimum atomic E-state index is -4.39. The third-order valence-electron chi connectivity index (χ3n) is 4.96. The predicted octanol–water partition coefficient (Wildman–Crippen LogP) is 4.39. The van der Waals surface area contributed by atoms with Crippen molar-refractivity contribution in [1.29, 1.82) is 0 Å². The number of benzene rings is 3. The predicted molar refractivity (Wildman–Crippen MR) is 109 cm³/mol. The minimum absolute atomic E-state index is 0.0981. The molecule has 0 unspecified atom stereocenters. The number of amides is 1. The van der Waals surface area contributed by atoms with Gasteiger partial charge in [-0.05, 0) is 59.0 Å². The Morgan fingerprint density at radius 1 is 0.933 bits per heavy atom. The van der Waals surface area contributed by atoms with Crippen molar-refractivity contribution in [1.82, 2.24) is 5.32 Å². The zero-order valence-corrected chi connectivity index (χ0v) is 16.1. The van der Waals surface area contributed by atoms with E-state index in [0.717, 1.165) is 28.5 Å². The van der Waals surface area contributed by atoms with Crippen LogP contribution in [0.25, 0.3) is 21.9 Å². The summed E-state index contributed by atoms with van der Waals surface area (Å²) >= 11 is 0. The van der Waals surface area contributed by atoms with Crippen LogP contribution >= 0.6 is 0 Å². The van der Waals surface area contributed by atoms with Gasteiger partial charge in [0.1, 0.15) is 0 Å². The van der Waals surface area contributed by atoms with Crippen LogP contribution in [0.3, 0.4) is 0 Å². The van der Waals surface area contributed by atoms with Crippen molar-refractivity contribution >= 4 is 16.7 Å². The van der Waals surface area contributed by atoms with Crippen molar-refractivity contribution in [3.63, 3.8) is 0 Å². The second-order valence-corrected chi connectivity index (χ2v) is 7.01. The number of carbonyl (C=O) groups is 1. The molecule has 4 nitrogen and oxygen atoms in total. The second kappa shape index (κ2) is 9.28. The molecule has 3 rings (SSSR count). The van der Waals surface area contributed by atoms with Crippen LogP contribution < -0.4 is 5.32 Å². The second-order valence-electron chi connectivity index (χ2n) is 7.01. The lowest BCUT2D eigenvalue weighted by atomic mass is 9.96. The standard InChI is InChI=1S/C23H22F3NO3/c24-23(25,26)18-7-4-15(5-8-18)20-3-1-2-16-14-17(6-9-21(16)20)22(30)27-19(10-12-28)11-13-29/h1-9,14,19,28-29H,10-13H2,(H,27,30). The zero-order valence-electron chi connectivity index (χ0n) is 16.1. The molecule has 3 aromatic rings. The largest absolute Gasteiger partial charge is 0.416 e. The fourth-order valence-corrected chi connectivity index (χ4v) is 3.38. The molecule has 0 saturated carbocycles. The quantitative estimate of drug-likeness (QED) is 0.534. The summed E-state index contributed by atoms with van der Waals surface area (Å²) in [5.41, 5.74) is 1.14. The van der Waals surface area contributed by atoms with Gasteiger partial charge in [0, 0.05) is 24.8 Å². The molecule has 0 aliphatic heterocycles. The number of carbonyl (C=O) groups excluding carboxylic acids is 1. The molecule has 0 aromatic heterocycles. The lowest BCUT2D eigenvalue weighted by molar-refractivity contribution is -0.137. The molecule has 0 saturated heterocycles. The molecule has 3 N–H and O–H groups in total. The Morgan fingerprint density at radius 2 is 1.60 bits per heavy atom. The maximum Gasteiger partial charge on any atom is 0.416 e. The Kier molecular flexibility index (Phi) is 6.74. The topological polar surface area (TPSA) is 69.6 Å². The first kappa shape index (κ1) is 21.8. The van der Waals surface area contributed by atoms with E-state index in [2.05, 4.69) is 5.32 Å². The van der Waals surface area contributed by atoms with E-state index in [9.17, 15) is 18.0 Å². The van der Waals surface area contributed by atoms with E-state index in [1.807, 2.05) is 12.1 Å². The van der Waals surface area contributed by atoms with Crippen molar-refractivity contribution in [2.75, 3.05) is 13.2 Å². The van der Waals surface area contributed by atoms with Gasteiger partial charge in [-0.2, -0.15) is 13.2 Å². The summed E-state index contributed by atoms with van der Waals surface area (Å²) in [6.45, 7) is -0.196. The molecular formula is C23H22F3NO3. The van der Waals surface area contributed by atoms with Gasteiger partial charge in [-0.1, -0.05) is 36.4 Å². The minimum Gasteiger partial charge on any atom is -0.396 e. The van der Waals surface area contributed by atoms with E-state index in [-0.39, 0.29) is 25.2 Å². The van der Waals surface area contributed by atoms with E-state index in [0.29, 0.717) is 24.0 Å². The highest BCUT2D eigenvalue weighted by molar-refractivity contribution is 6.02. The monoisotopic (exact) mass is 417 g/mol. The summed E-state index contributed by atoms with van der Waals surface area (Å²) in [5.74, 6) is -0.316. The summed E-state index contributed by atoms with van der Waals surface area (Å²) in [4.78, 5) is 12.6. The summed E-state index contributed by atoms with van der Waals surface area (Å²) in [6.07, 6.45) is -3.70. The molecule has 0 aliphatic rings. The number of halogens is 3. The smallest absolute Gasteiger partial charge is 0.396 e. The molecule has 0 heterocycles. The van der Waals surface area contributed by atoms with Crippen LogP contribution in [0.1, 0.15) is 28.8 Å². The van der Waals surface area contributed by atoms with Crippen LogP contribution in [0.5, 0.6) is 0 Å². The van der Waals surface area contributed by atoms with Crippen molar-refractivity contribution in [3.05, 3.63) is 71.8 Å². The highest BCUT2D eigenvalue weighted by atomic mass is 19.4. The van der Waals surface area contributed by atoms with Crippen molar-refractivity contribution in [2.24, 2.45) is 0 Å². The molecule has 30 heavy (non-hydrogen) atoms. The number of aliphatic hydroxyl groups excluding tert-OH is 2.